The standard InChI is InChI=1S/C16H21N3O2/c1-4-19-10-13(17)9-15(19)16(20)18-11(2)12-6-5-7-14(8-12)21-3/h5-11H,4,17H2,1-3H3,(H,18,20). The minimum absolute atomic E-state index is 0.117. The molecule has 5 nitrogen and oxygen atoms in total. The van der Waals surface area contributed by atoms with Crippen molar-refractivity contribution in [1.82, 2.24) is 9.88 Å². The number of methoxy groups -OCH3 is 1. The van der Waals surface area contributed by atoms with E-state index in [0.717, 1.165) is 11.3 Å². The highest BCUT2D eigenvalue weighted by Crippen LogP contribution is 2.19. The number of carbonyl (C=O) groups excluding carboxylic acids is 1. The molecule has 3 N–H and O–H groups in total. The van der Waals surface area contributed by atoms with Crippen LogP contribution >= 0.6 is 0 Å². The summed E-state index contributed by atoms with van der Waals surface area (Å²) < 4.78 is 7.04. The van der Waals surface area contributed by atoms with Crippen molar-refractivity contribution in [2.75, 3.05) is 12.8 Å². The van der Waals surface area contributed by atoms with E-state index in [1.54, 1.807) is 19.4 Å². The largest absolute Gasteiger partial charge is 0.497 e. The van der Waals surface area contributed by atoms with Crippen molar-refractivity contribution in [3.63, 3.8) is 0 Å². The zero-order valence-electron chi connectivity index (χ0n) is 12.6. The van der Waals surface area contributed by atoms with Gasteiger partial charge in [-0.05, 0) is 37.6 Å². The Morgan fingerprint density at radius 2 is 2.19 bits per heavy atom. The second-order valence-corrected chi connectivity index (χ2v) is 4.92. The molecule has 0 fully saturated rings. The molecule has 0 saturated heterocycles. The molecule has 0 bridgehead atoms. The molecule has 0 aliphatic rings. The number of nitrogens with zero attached hydrogens (tertiary/aromatic N) is 1. The van der Waals surface area contributed by atoms with Gasteiger partial charge in [0.15, 0.2) is 0 Å². The molecular weight excluding hydrogens is 266 g/mol. The summed E-state index contributed by atoms with van der Waals surface area (Å²) >= 11 is 0. The van der Waals surface area contributed by atoms with Gasteiger partial charge in [-0.3, -0.25) is 4.79 Å². The van der Waals surface area contributed by atoms with E-state index in [-0.39, 0.29) is 11.9 Å². The summed E-state index contributed by atoms with van der Waals surface area (Å²) in [6.45, 7) is 4.62. The molecule has 1 heterocycles. The van der Waals surface area contributed by atoms with Crippen molar-refractivity contribution < 1.29 is 9.53 Å². The van der Waals surface area contributed by atoms with E-state index < -0.39 is 0 Å². The molecule has 2 aromatic rings. The predicted octanol–water partition coefficient (Wildman–Crippen LogP) is 2.59. The van der Waals surface area contributed by atoms with Gasteiger partial charge in [-0.2, -0.15) is 0 Å². The fraction of sp³-hybridized carbons (Fsp3) is 0.312. The van der Waals surface area contributed by atoms with E-state index in [0.29, 0.717) is 17.9 Å². The Bertz CT molecular complexity index is 634. The molecule has 1 atom stereocenters. The number of amides is 1. The molecule has 0 saturated carbocycles. The fourth-order valence-electron chi connectivity index (χ4n) is 2.25. The normalized spacial score (nSPS) is 12.0. The fourth-order valence-corrected chi connectivity index (χ4v) is 2.25. The lowest BCUT2D eigenvalue weighted by molar-refractivity contribution is 0.0930. The second-order valence-electron chi connectivity index (χ2n) is 4.92. The van der Waals surface area contributed by atoms with Crippen LogP contribution in [0.4, 0.5) is 5.69 Å². The van der Waals surface area contributed by atoms with Crippen LogP contribution in [0.3, 0.4) is 0 Å². The zero-order valence-corrected chi connectivity index (χ0v) is 12.6. The number of aromatic nitrogens is 1. The van der Waals surface area contributed by atoms with Gasteiger partial charge in [0, 0.05) is 12.7 Å². The smallest absolute Gasteiger partial charge is 0.268 e. The predicted molar refractivity (Wildman–Crippen MR) is 83.4 cm³/mol. The average Bonchev–Trinajstić information content (AvgIpc) is 2.88. The van der Waals surface area contributed by atoms with Crippen LogP contribution in [0, 0.1) is 0 Å². The minimum Gasteiger partial charge on any atom is -0.497 e. The summed E-state index contributed by atoms with van der Waals surface area (Å²) in [4.78, 5) is 12.4. The molecular formula is C16H21N3O2. The number of carbonyl (C=O) groups is 1. The summed E-state index contributed by atoms with van der Waals surface area (Å²) in [7, 11) is 1.62. The number of rotatable bonds is 5. The van der Waals surface area contributed by atoms with Gasteiger partial charge in [-0.25, -0.2) is 0 Å². The van der Waals surface area contributed by atoms with Gasteiger partial charge in [0.05, 0.1) is 18.8 Å². The number of benzene rings is 1. The Morgan fingerprint density at radius 1 is 1.43 bits per heavy atom. The van der Waals surface area contributed by atoms with E-state index in [4.69, 9.17) is 10.5 Å². The van der Waals surface area contributed by atoms with Gasteiger partial charge in [0.1, 0.15) is 11.4 Å². The maximum atomic E-state index is 12.4. The molecule has 1 unspecified atom stereocenters. The zero-order chi connectivity index (χ0) is 15.4. The van der Waals surface area contributed by atoms with E-state index >= 15 is 0 Å². The third-order valence-corrected chi connectivity index (χ3v) is 3.43. The van der Waals surface area contributed by atoms with Crippen LogP contribution in [-0.4, -0.2) is 17.6 Å². The van der Waals surface area contributed by atoms with E-state index in [1.165, 1.54) is 0 Å². The third kappa shape index (κ3) is 3.37. The topological polar surface area (TPSA) is 69.3 Å². The second kappa shape index (κ2) is 6.35. The van der Waals surface area contributed by atoms with E-state index in [1.807, 2.05) is 42.7 Å². The van der Waals surface area contributed by atoms with Crippen molar-refractivity contribution in [2.24, 2.45) is 0 Å². The number of hydrogen-bond donors (Lipinski definition) is 2. The highest BCUT2D eigenvalue weighted by atomic mass is 16.5. The monoisotopic (exact) mass is 287 g/mol. The molecule has 21 heavy (non-hydrogen) atoms. The van der Waals surface area contributed by atoms with Gasteiger partial charge in [0.25, 0.3) is 5.91 Å². The molecule has 1 aromatic carbocycles. The first kappa shape index (κ1) is 15.0. The Labute approximate surface area is 124 Å². The van der Waals surface area contributed by atoms with Gasteiger partial charge in [0.2, 0.25) is 0 Å². The van der Waals surface area contributed by atoms with Crippen molar-refractivity contribution in [3.8, 4) is 5.75 Å². The summed E-state index contributed by atoms with van der Waals surface area (Å²) in [5.74, 6) is 0.638. The highest BCUT2D eigenvalue weighted by Gasteiger charge is 2.15. The van der Waals surface area contributed by atoms with Crippen LogP contribution in [0.2, 0.25) is 0 Å². The lowest BCUT2D eigenvalue weighted by atomic mass is 10.1. The summed E-state index contributed by atoms with van der Waals surface area (Å²) in [5, 5.41) is 2.98. The Morgan fingerprint density at radius 3 is 2.86 bits per heavy atom. The molecule has 0 aliphatic heterocycles. The van der Waals surface area contributed by atoms with Gasteiger partial charge < -0.3 is 20.4 Å². The number of aryl methyl sites for hydroxylation is 1. The molecule has 1 amide bonds. The van der Waals surface area contributed by atoms with Crippen LogP contribution in [0.1, 0.15) is 35.9 Å². The number of nitrogen functional groups attached to an aromatic ring is 1. The summed E-state index contributed by atoms with van der Waals surface area (Å²) in [5.41, 5.74) is 7.91. The average molecular weight is 287 g/mol. The number of nitrogens with two attached hydrogens (primary N) is 1. The van der Waals surface area contributed by atoms with Crippen molar-refractivity contribution in [3.05, 3.63) is 47.8 Å². The Kier molecular flexibility index (Phi) is 4.52. The molecule has 0 radical (unpaired) electrons. The van der Waals surface area contributed by atoms with Gasteiger partial charge >= 0.3 is 0 Å². The van der Waals surface area contributed by atoms with Crippen LogP contribution in [0.25, 0.3) is 0 Å². The number of nitrogens with one attached hydrogen (secondary N) is 1. The first-order valence-corrected chi connectivity index (χ1v) is 6.95. The van der Waals surface area contributed by atoms with Crippen molar-refractivity contribution in [1.29, 1.82) is 0 Å². The van der Waals surface area contributed by atoms with Crippen LogP contribution in [-0.2, 0) is 6.54 Å². The Hall–Kier alpha value is -2.43. The first-order chi connectivity index (χ1) is 10.0. The van der Waals surface area contributed by atoms with Crippen LogP contribution in [0.5, 0.6) is 5.75 Å². The molecule has 112 valence electrons. The van der Waals surface area contributed by atoms with Crippen molar-refractivity contribution in [2.45, 2.75) is 26.4 Å². The first-order valence-electron chi connectivity index (χ1n) is 6.95. The number of ether oxygens (including phenoxy) is 1. The van der Waals surface area contributed by atoms with Crippen LogP contribution in [0.15, 0.2) is 36.5 Å². The number of anilines is 1. The molecule has 0 spiro atoms. The van der Waals surface area contributed by atoms with E-state index in [2.05, 4.69) is 5.32 Å². The molecule has 5 heteroatoms. The molecule has 2 rings (SSSR count). The maximum absolute atomic E-state index is 12.4. The molecule has 0 aliphatic carbocycles. The SMILES string of the molecule is CCn1cc(N)cc1C(=O)NC(C)c1cccc(OC)c1. The van der Waals surface area contributed by atoms with E-state index in [9.17, 15) is 4.79 Å². The highest BCUT2D eigenvalue weighted by molar-refractivity contribution is 5.94. The quantitative estimate of drug-likeness (QED) is 0.888. The lowest BCUT2D eigenvalue weighted by Gasteiger charge is -2.16. The minimum atomic E-state index is -0.135. The van der Waals surface area contributed by atoms with Crippen LogP contribution < -0.4 is 15.8 Å². The maximum Gasteiger partial charge on any atom is 0.268 e. The van der Waals surface area contributed by atoms with Crippen molar-refractivity contribution >= 4 is 11.6 Å². The Balaban J connectivity index is 2.14. The summed E-state index contributed by atoms with van der Waals surface area (Å²) in [6, 6.07) is 9.23. The van der Waals surface area contributed by atoms with Gasteiger partial charge in [-0.15, -0.1) is 0 Å². The third-order valence-electron chi connectivity index (χ3n) is 3.43. The summed E-state index contributed by atoms with van der Waals surface area (Å²) in [6.07, 6.45) is 1.77. The van der Waals surface area contributed by atoms with Gasteiger partial charge in [-0.1, -0.05) is 12.1 Å². The molecule has 1 aromatic heterocycles. The number of hydrogen-bond acceptors (Lipinski definition) is 3. The lowest BCUT2D eigenvalue weighted by Crippen LogP contribution is -2.28.